The second-order valence-corrected chi connectivity index (χ2v) is 6.18. The van der Waals surface area contributed by atoms with Crippen LogP contribution in [0.25, 0.3) is 0 Å². The van der Waals surface area contributed by atoms with E-state index in [1.807, 2.05) is 17.8 Å². The van der Waals surface area contributed by atoms with Gasteiger partial charge in [-0.1, -0.05) is 28.4 Å². The summed E-state index contributed by atoms with van der Waals surface area (Å²) in [4.78, 5) is 10.8. The minimum absolute atomic E-state index is 0.313. The van der Waals surface area contributed by atoms with Gasteiger partial charge in [0.05, 0.1) is 5.56 Å². The molecule has 106 valence electrons. The molecule has 0 fully saturated rings. The van der Waals surface area contributed by atoms with E-state index in [-0.39, 0.29) is 0 Å². The summed E-state index contributed by atoms with van der Waals surface area (Å²) in [5, 5.41) is 12.3. The van der Waals surface area contributed by atoms with Crippen molar-refractivity contribution < 1.29 is 9.90 Å². The molecule has 3 nitrogen and oxygen atoms in total. The molecule has 1 aromatic rings. The smallest absolute Gasteiger partial charge is 0.335 e. The number of carbonyl (C=O) groups is 1. The van der Waals surface area contributed by atoms with Crippen molar-refractivity contribution in [2.45, 2.75) is 25.8 Å². The molecule has 0 atom stereocenters. The van der Waals surface area contributed by atoms with Crippen LogP contribution >= 0.6 is 27.7 Å². The predicted molar refractivity (Wildman–Crippen MR) is 85.0 cm³/mol. The van der Waals surface area contributed by atoms with E-state index in [2.05, 4.69) is 27.5 Å². The predicted octanol–water partition coefficient (Wildman–Crippen LogP) is 3.77. The quantitative estimate of drug-likeness (QED) is 0.669. The lowest BCUT2D eigenvalue weighted by atomic mass is 10.1. The van der Waals surface area contributed by atoms with Crippen molar-refractivity contribution in [3.63, 3.8) is 0 Å². The molecule has 0 aromatic heterocycles. The zero-order chi connectivity index (χ0) is 14.1. The monoisotopic (exact) mass is 345 g/mol. The Morgan fingerprint density at radius 3 is 2.79 bits per heavy atom. The number of carboxylic acids is 1. The lowest BCUT2D eigenvalue weighted by molar-refractivity contribution is 0.0697. The molecule has 2 N–H and O–H groups in total. The molecule has 0 aliphatic carbocycles. The third kappa shape index (κ3) is 6.45. The van der Waals surface area contributed by atoms with Gasteiger partial charge in [-0.15, -0.1) is 0 Å². The third-order valence-corrected chi connectivity index (χ3v) is 4.25. The van der Waals surface area contributed by atoms with E-state index in [1.165, 1.54) is 25.0 Å². The largest absolute Gasteiger partial charge is 0.478 e. The first-order valence-corrected chi connectivity index (χ1v) is 8.55. The molecule has 0 saturated heterocycles. The summed E-state index contributed by atoms with van der Waals surface area (Å²) in [5.41, 5.74) is 1.40. The maximum Gasteiger partial charge on any atom is 0.335 e. The molecular weight excluding hydrogens is 326 g/mol. The summed E-state index contributed by atoms with van der Waals surface area (Å²) < 4.78 is 0.849. The summed E-state index contributed by atoms with van der Waals surface area (Å²) in [6.45, 7) is 1.77. The van der Waals surface area contributed by atoms with Crippen LogP contribution in [-0.2, 0) is 6.54 Å². The van der Waals surface area contributed by atoms with E-state index in [9.17, 15) is 4.79 Å². The first-order valence-electron chi connectivity index (χ1n) is 6.36. The van der Waals surface area contributed by atoms with Crippen LogP contribution in [0.15, 0.2) is 22.7 Å². The Hall–Kier alpha value is -0.520. The van der Waals surface area contributed by atoms with Gasteiger partial charge in [-0.2, -0.15) is 11.8 Å². The first-order chi connectivity index (χ1) is 9.15. The van der Waals surface area contributed by atoms with Gasteiger partial charge in [0.2, 0.25) is 0 Å². The van der Waals surface area contributed by atoms with Crippen LogP contribution in [0.1, 0.15) is 35.2 Å². The Morgan fingerprint density at radius 2 is 2.16 bits per heavy atom. The number of benzene rings is 1. The van der Waals surface area contributed by atoms with Gasteiger partial charge in [0.25, 0.3) is 0 Å². The van der Waals surface area contributed by atoms with E-state index in [0.29, 0.717) is 5.56 Å². The Kier molecular flexibility index (Phi) is 8.18. The number of carboxylic acid groups (broad SMARTS) is 1. The molecule has 1 aromatic carbocycles. The fraction of sp³-hybridized carbons (Fsp3) is 0.500. The van der Waals surface area contributed by atoms with E-state index < -0.39 is 5.97 Å². The van der Waals surface area contributed by atoms with Crippen molar-refractivity contribution in [2.24, 2.45) is 0 Å². The molecule has 0 aliphatic rings. The molecule has 0 aliphatic heterocycles. The van der Waals surface area contributed by atoms with Gasteiger partial charge in [0.15, 0.2) is 0 Å². The molecule has 1 rings (SSSR count). The van der Waals surface area contributed by atoms with Gasteiger partial charge in [-0.25, -0.2) is 4.79 Å². The average molecular weight is 346 g/mol. The normalized spacial score (nSPS) is 10.6. The van der Waals surface area contributed by atoms with E-state index in [1.54, 1.807) is 12.1 Å². The van der Waals surface area contributed by atoms with Crippen molar-refractivity contribution in [1.29, 1.82) is 0 Å². The van der Waals surface area contributed by atoms with Crippen LogP contribution < -0.4 is 5.32 Å². The summed E-state index contributed by atoms with van der Waals surface area (Å²) in [6, 6.07) is 5.15. The van der Waals surface area contributed by atoms with Gasteiger partial charge in [-0.05, 0) is 49.1 Å². The number of rotatable bonds is 9. The molecule has 5 heteroatoms. The fourth-order valence-corrected chi connectivity index (χ4v) is 2.73. The highest BCUT2D eigenvalue weighted by Crippen LogP contribution is 2.18. The van der Waals surface area contributed by atoms with Gasteiger partial charge in [-0.3, -0.25) is 0 Å². The van der Waals surface area contributed by atoms with Crippen LogP contribution in [0.4, 0.5) is 0 Å². The number of halogens is 1. The molecule has 0 saturated carbocycles. The van der Waals surface area contributed by atoms with Crippen LogP contribution in [0, 0.1) is 0 Å². The van der Waals surface area contributed by atoms with Crippen molar-refractivity contribution in [3.8, 4) is 0 Å². The molecule has 0 heterocycles. The van der Waals surface area contributed by atoms with E-state index in [4.69, 9.17) is 5.11 Å². The zero-order valence-corrected chi connectivity index (χ0v) is 13.5. The molecule has 0 spiro atoms. The molecular formula is C14H20BrNO2S. The van der Waals surface area contributed by atoms with Crippen molar-refractivity contribution >= 4 is 33.7 Å². The molecule has 0 bridgehead atoms. The van der Waals surface area contributed by atoms with Crippen LogP contribution in [0.5, 0.6) is 0 Å². The summed E-state index contributed by atoms with van der Waals surface area (Å²) >= 11 is 5.31. The lowest BCUT2D eigenvalue weighted by Crippen LogP contribution is -2.15. The van der Waals surface area contributed by atoms with E-state index in [0.717, 1.165) is 23.1 Å². The molecule has 19 heavy (non-hydrogen) atoms. The maximum absolute atomic E-state index is 10.8. The fourth-order valence-electron chi connectivity index (χ4n) is 1.72. The van der Waals surface area contributed by atoms with Gasteiger partial charge in [0, 0.05) is 11.0 Å². The Balaban J connectivity index is 2.28. The van der Waals surface area contributed by atoms with Gasteiger partial charge >= 0.3 is 5.97 Å². The minimum atomic E-state index is -0.894. The van der Waals surface area contributed by atoms with Crippen LogP contribution in [0.2, 0.25) is 0 Å². The summed E-state index contributed by atoms with van der Waals surface area (Å²) in [7, 11) is 0. The first kappa shape index (κ1) is 16.5. The highest BCUT2D eigenvalue weighted by Gasteiger charge is 2.06. The Labute approximate surface area is 127 Å². The average Bonchev–Trinajstić information content (AvgIpc) is 2.39. The highest BCUT2D eigenvalue weighted by molar-refractivity contribution is 9.10. The Morgan fingerprint density at radius 1 is 1.37 bits per heavy atom. The second-order valence-electron chi connectivity index (χ2n) is 4.34. The van der Waals surface area contributed by atoms with Crippen LogP contribution in [0.3, 0.4) is 0 Å². The Bertz CT molecular complexity index is 412. The van der Waals surface area contributed by atoms with Gasteiger partial charge in [0.1, 0.15) is 0 Å². The second kappa shape index (κ2) is 9.39. The third-order valence-electron chi connectivity index (χ3n) is 2.82. The van der Waals surface area contributed by atoms with Crippen molar-refractivity contribution in [3.05, 3.63) is 33.8 Å². The number of hydrogen-bond acceptors (Lipinski definition) is 3. The number of unbranched alkanes of at least 4 members (excludes halogenated alkanes) is 2. The lowest BCUT2D eigenvalue weighted by Gasteiger charge is -2.07. The summed E-state index contributed by atoms with van der Waals surface area (Å²) in [6.07, 6.45) is 5.86. The minimum Gasteiger partial charge on any atom is -0.478 e. The van der Waals surface area contributed by atoms with Crippen LogP contribution in [-0.4, -0.2) is 29.6 Å². The van der Waals surface area contributed by atoms with Crippen molar-refractivity contribution in [2.75, 3.05) is 18.6 Å². The SMILES string of the molecule is CSCCCCCNCc1ccc(C(=O)O)cc1Br. The summed E-state index contributed by atoms with van der Waals surface area (Å²) in [5.74, 6) is 0.344. The molecule has 0 amide bonds. The zero-order valence-electron chi connectivity index (χ0n) is 11.1. The number of aromatic carboxylic acids is 1. The number of nitrogens with one attached hydrogen (secondary N) is 1. The maximum atomic E-state index is 10.8. The van der Waals surface area contributed by atoms with Gasteiger partial charge < -0.3 is 10.4 Å². The molecule has 0 radical (unpaired) electrons. The number of thioether (sulfide) groups is 1. The number of hydrogen-bond donors (Lipinski definition) is 2. The van der Waals surface area contributed by atoms with Crippen molar-refractivity contribution in [1.82, 2.24) is 5.32 Å². The topological polar surface area (TPSA) is 49.3 Å². The van der Waals surface area contributed by atoms with E-state index >= 15 is 0 Å². The standard InChI is InChI=1S/C14H20BrNO2S/c1-19-8-4-2-3-7-16-10-12-6-5-11(14(17)18)9-13(12)15/h5-6,9,16H,2-4,7-8,10H2,1H3,(H,17,18). The highest BCUT2D eigenvalue weighted by atomic mass is 79.9. The molecule has 0 unspecified atom stereocenters.